The van der Waals surface area contributed by atoms with E-state index in [1.165, 1.54) is 7.11 Å². The molecule has 2 bridgehead atoms. The predicted octanol–water partition coefficient (Wildman–Crippen LogP) is 2.49. The number of methoxy groups -OCH3 is 1. The number of unbranched alkanes of at least 4 members (excludes halogenated alkanes) is 1. The first-order chi connectivity index (χ1) is 13.5. The van der Waals surface area contributed by atoms with Gasteiger partial charge >= 0.3 is 17.9 Å². The summed E-state index contributed by atoms with van der Waals surface area (Å²) in [7, 11) is 1.36. The van der Waals surface area contributed by atoms with E-state index in [1.54, 1.807) is 24.3 Å². The van der Waals surface area contributed by atoms with Gasteiger partial charge in [0, 0.05) is 24.9 Å². The van der Waals surface area contributed by atoms with Gasteiger partial charge in [0.15, 0.2) is 0 Å². The fourth-order valence-corrected chi connectivity index (χ4v) is 4.53. The first kappa shape index (κ1) is 20.3. The summed E-state index contributed by atoms with van der Waals surface area (Å²) in [5.74, 6) is -2.08. The molecule has 0 radical (unpaired) electrons. The molecule has 152 valence electrons. The molecule has 1 aromatic carbocycles. The lowest BCUT2D eigenvalue weighted by Gasteiger charge is -2.42. The number of aliphatic carboxylic acids is 1. The maximum atomic E-state index is 12.5. The van der Waals surface area contributed by atoms with Gasteiger partial charge in [-0.1, -0.05) is 18.2 Å². The fourth-order valence-electron chi connectivity index (χ4n) is 4.53. The summed E-state index contributed by atoms with van der Waals surface area (Å²) in [6.45, 7) is 0.745. The number of esters is 2. The summed E-state index contributed by atoms with van der Waals surface area (Å²) in [5.41, 5.74) is 0.467. The molecule has 2 aliphatic rings. The van der Waals surface area contributed by atoms with E-state index < -0.39 is 24.0 Å². The van der Waals surface area contributed by atoms with Crippen molar-refractivity contribution in [3.8, 4) is 0 Å². The Hall–Kier alpha value is -2.41. The number of fused-ring (bicyclic) bond motifs is 2. The van der Waals surface area contributed by atoms with Crippen LogP contribution < -0.4 is 0 Å². The van der Waals surface area contributed by atoms with E-state index in [0.29, 0.717) is 18.4 Å². The molecule has 0 unspecified atom stereocenters. The second kappa shape index (κ2) is 9.19. The van der Waals surface area contributed by atoms with Crippen molar-refractivity contribution in [1.29, 1.82) is 0 Å². The van der Waals surface area contributed by atoms with Gasteiger partial charge in [-0.2, -0.15) is 0 Å². The van der Waals surface area contributed by atoms with Crippen molar-refractivity contribution in [1.82, 2.24) is 4.90 Å². The van der Waals surface area contributed by atoms with Crippen molar-refractivity contribution >= 4 is 17.9 Å². The first-order valence-electron chi connectivity index (χ1n) is 9.82. The zero-order chi connectivity index (χ0) is 20.1. The van der Waals surface area contributed by atoms with Gasteiger partial charge in [0.1, 0.15) is 12.0 Å². The Morgan fingerprint density at radius 3 is 2.57 bits per heavy atom. The number of ether oxygens (including phenoxy) is 2. The molecule has 0 amide bonds. The maximum Gasteiger partial charge on any atom is 0.338 e. The maximum absolute atomic E-state index is 12.5. The Bertz CT molecular complexity index is 706. The topological polar surface area (TPSA) is 93.1 Å². The average Bonchev–Trinajstić information content (AvgIpc) is 2.97. The zero-order valence-corrected chi connectivity index (χ0v) is 16.1. The van der Waals surface area contributed by atoms with Crippen LogP contribution in [0.2, 0.25) is 0 Å². The molecule has 7 nitrogen and oxygen atoms in total. The number of carboxylic acids is 1. The Labute approximate surface area is 164 Å². The van der Waals surface area contributed by atoms with Crippen LogP contribution in [0.5, 0.6) is 0 Å². The summed E-state index contributed by atoms with van der Waals surface area (Å²) in [5, 5.41) is 8.80. The van der Waals surface area contributed by atoms with Gasteiger partial charge in [-0.05, 0) is 44.4 Å². The minimum absolute atomic E-state index is 0.0374. The molecule has 2 aliphatic heterocycles. The largest absolute Gasteiger partial charge is 0.481 e. The SMILES string of the molecule is COC(=O)[C@H]1[C@@H](OC(=O)c2ccccc2)C[C@@H]2CC[C@H]1N2CCCCC(=O)O. The molecule has 0 aliphatic carbocycles. The molecule has 0 aromatic heterocycles. The summed E-state index contributed by atoms with van der Waals surface area (Å²) >= 11 is 0. The van der Waals surface area contributed by atoms with Crippen molar-refractivity contribution in [2.75, 3.05) is 13.7 Å². The van der Waals surface area contributed by atoms with Crippen LogP contribution in [0, 0.1) is 5.92 Å². The smallest absolute Gasteiger partial charge is 0.338 e. The second-order valence-corrected chi connectivity index (χ2v) is 7.48. The van der Waals surface area contributed by atoms with Crippen LogP contribution in [0.15, 0.2) is 30.3 Å². The highest BCUT2D eigenvalue weighted by Crippen LogP contribution is 2.41. The van der Waals surface area contributed by atoms with E-state index in [9.17, 15) is 14.4 Å². The molecule has 2 heterocycles. The van der Waals surface area contributed by atoms with Gasteiger partial charge in [0.25, 0.3) is 0 Å². The number of hydrogen-bond acceptors (Lipinski definition) is 6. The van der Waals surface area contributed by atoms with Gasteiger partial charge in [0.2, 0.25) is 0 Å². The zero-order valence-electron chi connectivity index (χ0n) is 16.1. The lowest BCUT2D eigenvalue weighted by atomic mass is 9.87. The third kappa shape index (κ3) is 4.52. The molecule has 4 atom stereocenters. The standard InChI is InChI=1S/C21H27NO6/c1-27-21(26)19-16-11-10-15(22(16)12-6-5-9-18(23)24)13-17(19)28-20(25)14-7-3-2-4-8-14/h2-4,7-8,15-17,19H,5-6,9-13H2,1H3,(H,23,24)/t15-,16+,17-,19+/m0/s1. The number of benzene rings is 1. The van der Waals surface area contributed by atoms with Gasteiger partial charge in [-0.3, -0.25) is 14.5 Å². The Morgan fingerprint density at radius 1 is 1.14 bits per heavy atom. The van der Waals surface area contributed by atoms with E-state index >= 15 is 0 Å². The van der Waals surface area contributed by atoms with Crippen molar-refractivity contribution in [3.63, 3.8) is 0 Å². The highest BCUT2D eigenvalue weighted by molar-refractivity contribution is 5.89. The molecule has 1 aromatic rings. The van der Waals surface area contributed by atoms with Crippen molar-refractivity contribution in [2.45, 2.75) is 56.7 Å². The number of hydrogen-bond donors (Lipinski definition) is 1. The quantitative estimate of drug-likeness (QED) is 0.539. The summed E-state index contributed by atoms with van der Waals surface area (Å²) in [4.78, 5) is 38.0. The van der Waals surface area contributed by atoms with Crippen LogP contribution in [-0.4, -0.2) is 59.8 Å². The Kier molecular flexibility index (Phi) is 6.67. The highest BCUT2D eigenvalue weighted by Gasteiger charge is 2.52. The number of carboxylic acid groups (broad SMARTS) is 1. The van der Waals surface area contributed by atoms with Crippen LogP contribution in [0.4, 0.5) is 0 Å². The third-order valence-electron chi connectivity index (χ3n) is 5.81. The molecular formula is C21H27NO6. The lowest BCUT2D eigenvalue weighted by Crippen LogP contribution is -2.55. The molecule has 7 heteroatoms. The van der Waals surface area contributed by atoms with E-state index in [1.807, 2.05) is 6.07 Å². The summed E-state index contributed by atoms with van der Waals surface area (Å²) in [6, 6.07) is 8.98. The highest BCUT2D eigenvalue weighted by atomic mass is 16.6. The van der Waals surface area contributed by atoms with Crippen molar-refractivity contribution in [2.24, 2.45) is 5.92 Å². The van der Waals surface area contributed by atoms with E-state index in [2.05, 4.69) is 4.90 Å². The predicted molar refractivity (Wildman–Crippen MR) is 101 cm³/mol. The van der Waals surface area contributed by atoms with Gasteiger partial charge < -0.3 is 14.6 Å². The molecule has 28 heavy (non-hydrogen) atoms. The fraction of sp³-hybridized carbons (Fsp3) is 0.571. The molecule has 3 rings (SSSR count). The number of rotatable bonds is 8. The normalized spacial score (nSPS) is 26.6. The molecule has 1 N–H and O–H groups in total. The van der Waals surface area contributed by atoms with Crippen LogP contribution in [-0.2, 0) is 19.1 Å². The number of carbonyl (C=O) groups excluding carboxylic acids is 2. The Balaban J connectivity index is 1.69. The van der Waals surface area contributed by atoms with Crippen molar-refractivity contribution < 1.29 is 29.0 Å². The van der Waals surface area contributed by atoms with Crippen LogP contribution in [0.3, 0.4) is 0 Å². The lowest BCUT2D eigenvalue weighted by molar-refractivity contribution is -0.156. The summed E-state index contributed by atoms with van der Waals surface area (Å²) in [6.07, 6.45) is 3.41. The minimum atomic E-state index is -0.790. The third-order valence-corrected chi connectivity index (χ3v) is 5.81. The molecule has 0 saturated carbocycles. The first-order valence-corrected chi connectivity index (χ1v) is 9.82. The van der Waals surface area contributed by atoms with E-state index in [-0.39, 0.29) is 24.5 Å². The average molecular weight is 389 g/mol. The van der Waals surface area contributed by atoms with E-state index in [0.717, 1.165) is 25.8 Å². The number of piperidine rings is 1. The Morgan fingerprint density at radius 2 is 1.89 bits per heavy atom. The molecular weight excluding hydrogens is 362 g/mol. The molecule has 2 fully saturated rings. The monoisotopic (exact) mass is 389 g/mol. The van der Waals surface area contributed by atoms with Crippen LogP contribution in [0.25, 0.3) is 0 Å². The van der Waals surface area contributed by atoms with Crippen LogP contribution in [0.1, 0.15) is 48.9 Å². The van der Waals surface area contributed by atoms with Crippen molar-refractivity contribution in [3.05, 3.63) is 35.9 Å². The number of carbonyl (C=O) groups is 3. The van der Waals surface area contributed by atoms with Gasteiger partial charge in [0.05, 0.1) is 12.7 Å². The molecule has 2 saturated heterocycles. The number of nitrogens with zero attached hydrogens (tertiary/aromatic N) is 1. The molecule has 0 spiro atoms. The van der Waals surface area contributed by atoms with Crippen LogP contribution >= 0.6 is 0 Å². The minimum Gasteiger partial charge on any atom is -0.481 e. The van der Waals surface area contributed by atoms with Gasteiger partial charge in [-0.25, -0.2) is 4.79 Å². The summed E-state index contributed by atoms with van der Waals surface area (Å²) < 4.78 is 10.8. The van der Waals surface area contributed by atoms with E-state index in [4.69, 9.17) is 14.6 Å². The van der Waals surface area contributed by atoms with Gasteiger partial charge in [-0.15, -0.1) is 0 Å². The second-order valence-electron chi connectivity index (χ2n) is 7.48.